The number of hydrogen-bond acceptors (Lipinski definition) is 4. The summed E-state index contributed by atoms with van der Waals surface area (Å²) in [4.78, 5) is 33.6. The van der Waals surface area contributed by atoms with Gasteiger partial charge in [0.05, 0.1) is 17.1 Å². The Balaban J connectivity index is 1.85. The van der Waals surface area contributed by atoms with Crippen LogP contribution in [0.4, 0.5) is 4.39 Å². The number of benzene rings is 1. The molecule has 1 fully saturated rings. The Hall–Kier alpha value is -2.54. The minimum Gasteiger partial charge on any atom is -0.345 e. The van der Waals surface area contributed by atoms with Crippen molar-refractivity contribution >= 4 is 23.4 Å². The molecule has 1 aromatic carbocycles. The summed E-state index contributed by atoms with van der Waals surface area (Å²) in [6.07, 6.45) is 2.70. The second-order valence-corrected chi connectivity index (χ2v) is 5.91. The molecule has 0 aliphatic carbocycles. The Morgan fingerprint density at radius 1 is 1.38 bits per heavy atom. The second-order valence-electron chi connectivity index (χ2n) is 5.50. The molecule has 8 heteroatoms. The van der Waals surface area contributed by atoms with Crippen LogP contribution in [0.5, 0.6) is 0 Å². The highest BCUT2D eigenvalue weighted by atomic mass is 35.5. The van der Waals surface area contributed by atoms with Crippen molar-refractivity contribution in [1.29, 1.82) is 0 Å². The van der Waals surface area contributed by atoms with Gasteiger partial charge in [0.15, 0.2) is 0 Å². The summed E-state index contributed by atoms with van der Waals surface area (Å²) < 4.78 is 13.1. The maximum atomic E-state index is 13.1. The Morgan fingerprint density at radius 2 is 2.08 bits per heavy atom. The minimum atomic E-state index is -0.484. The molecule has 1 aromatic heterocycles. The highest BCUT2D eigenvalue weighted by Crippen LogP contribution is 2.32. The van der Waals surface area contributed by atoms with Gasteiger partial charge in [-0.15, -0.1) is 0 Å². The molecule has 0 saturated carbocycles. The van der Waals surface area contributed by atoms with Gasteiger partial charge in [-0.25, -0.2) is 14.4 Å². The fraction of sp³-hybridized carbons (Fsp3) is 0.250. The molecular formula is C16H14ClFN4O2. The molecule has 2 atom stereocenters. The van der Waals surface area contributed by atoms with Gasteiger partial charge in [0, 0.05) is 19.7 Å². The average Bonchev–Trinajstić information content (AvgIpc) is 2.83. The third-order valence-corrected chi connectivity index (χ3v) is 4.27. The van der Waals surface area contributed by atoms with Crippen LogP contribution in [0, 0.1) is 5.82 Å². The number of hydrogen-bond donors (Lipinski definition) is 1. The first-order valence-corrected chi connectivity index (χ1v) is 7.62. The van der Waals surface area contributed by atoms with E-state index in [-0.39, 0.29) is 34.9 Å². The van der Waals surface area contributed by atoms with E-state index in [1.807, 2.05) is 0 Å². The average molecular weight is 349 g/mol. The van der Waals surface area contributed by atoms with Crippen LogP contribution >= 0.6 is 11.6 Å². The van der Waals surface area contributed by atoms with Crippen molar-refractivity contribution < 1.29 is 14.0 Å². The fourth-order valence-electron chi connectivity index (χ4n) is 2.83. The second kappa shape index (κ2) is 6.52. The smallest absolute Gasteiger partial charge is 0.271 e. The van der Waals surface area contributed by atoms with Crippen molar-refractivity contribution in [3.63, 3.8) is 0 Å². The third kappa shape index (κ3) is 3.07. The number of nitrogens with one attached hydrogen (secondary N) is 1. The van der Waals surface area contributed by atoms with Crippen molar-refractivity contribution in [2.45, 2.75) is 18.5 Å². The lowest BCUT2D eigenvalue weighted by Crippen LogP contribution is -2.39. The number of amides is 2. The van der Waals surface area contributed by atoms with Gasteiger partial charge in [0.25, 0.3) is 5.91 Å². The van der Waals surface area contributed by atoms with Gasteiger partial charge in [0.1, 0.15) is 17.8 Å². The van der Waals surface area contributed by atoms with Crippen molar-refractivity contribution in [3.05, 3.63) is 58.9 Å². The van der Waals surface area contributed by atoms with Gasteiger partial charge in [0.2, 0.25) is 5.91 Å². The van der Waals surface area contributed by atoms with E-state index in [2.05, 4.69) is 15.3 Å². The Labute approximate surface area is 142 Å². The zero-order valence-electron chi connectivity index (χ0n) is 12.7. The first-order valence-electron chi connectivity index (χ1n) is 7.25. The van der Waals surface area contributed by atoms with E-state index in [0.717, 1.165) is 5.56 Å². The SMILES string of the molecule is CN1C(=O)C[C@@H](NC(=O)c2ncncc2Cl)[C@@H]1c1ccc(F)cc1. The van der Waals surface area contributed by atoms with Crippen LogP contribution in [0.2, 0.25) is 5.02 Å². The highest BCUT2D eigenvalue weighted by molar-refractivity contribution is 6.33. The number of aromatic nitrogens is 2. The first kappa shape index (κ1) is 16.3. The molecule has 3 rings (SSSR count). The van der Waals surface area contributed by atoms with Gasteiger partial charge in [-0.1, -0.05) is 23.7 Å². The molecule has 1 N–H and O–H groups in total. The number of halogens is 2. The number of carbonyl (C=O) groups is 2. The lowest BCUT2D eigenvalue weighted by Gasteiger charge is -2.26. The quantitative estimate of drug-likeness (QED) is 0.920. The van der Waals surface area contributed by atoms with Crippen LogP contribution in [0.15, 0.2) is 36.8 Å². The van der Waals surface area contributed by atoms with Gasteiger partial charge >= 0.3 is 0 Å². The zero-order chi connectivity index (χ0) is 17.3. The maximum absolute atomic E-state index is 13.1. The number of likely N-dealkylation sites (N-methyl/N-ethyl adjacent to an activating group) is 1. The summed E-state index contributed by atoms with van der Waals surface area (Å²) in [6.45, 7) is 0. The molecule has 0 unspecified atom stereocenters. The summed E-state index contributed by atoms with van der Waals surface area (Å²) in [5, 5.41) is 2.92. The number of rotatable bonds is 3. The molecule has 2 amide bonds. The summed E-state index contributed by atoms with van der Waals surface area (Å²) in [7, 11) is 1.65. The van der Waals surface area contributed by atoms with Crippen molar-refractivity contribution in [2.75, 3.05) is 7.05 Å². The molecule has 0 bridgehead atoms. The van der Waals surface area contributed by atoms with E-state index in [0.29, 0.717) is 0 Å². The maximum Gasteiger partial charge on any atom is 0.271 e. The molecule has 6 nitrogen and oxygen atoms in total. The minimum absolute atomic E-state index is 0.0477. The van der Waals surface area contributed by atoms with Crippen LogP contribution in [0.25, 0.3) is 0 Å². The number of nitrogens with zero attached hydrogens (tertiary/aromatic N) is 3. The van der Waals surface area contributed by atoms with Gasteiger partial charge in [-0.05, 0) is 17.7 Å². The molecule has 1 aliphatic rings. The summed E-state index contributed by atoms with van der Waals surface area (Å²) in [5.74, 6) is -0.954. The van der Waals surface area contributed by atoms with Crippen molar-refractivity contribution in [3.8, 4) is 0 Å². The highest BCUT2D eigenvalue weighted by Gasteiger charge is 2.39. The molecule has 2 aromatic rings. The molecule has 1 aliphatic heterocycles. The molecule has 0 radical (unpaired) electrons. The van der Waals surface area contributed by atoms with Crippen LogP contribution in [-0.4, -0.2) is 39.8 Å². The van der Waals surface area contributed by atoms with E-state index in [1.54, 1.807) is 24.1 Å². The van der Waals surface area contributed by atoms with E-state index in [9.17, 15) is 14.0 Å². The molecule has 24 heavy (non-hydrogen) atoms. The summed E-state index contributed by atoms with van der Waals surface area (Å²) >= 11 is 5.93. The lowest BCUT2D eigenvalue weighted by molar-refractivity contribution is -0.127. The van der Waals surface area contributed by atoms with Gasteiger partial charge < -0.3 is 10.2 Å². The van der Waals surface area contributed by atoms with Gasteiger partial charge in [-0.2, -0.15) is 0 Å². The van der Waals surface area contributed by atoms with Crippen LogP contribution in [0.3, 0.4) is 0 Å². The van der Waals surface area contributed by atoms with E-state index < -0.39 is 11.9 Å². The first-order chi connectivity index (χ1) is 11.5. The molecule has 124 valence electrons. The topological polar surface area (TPSA) is 75.2 Å². The molecule has 0 spiro atoms. The number of likely N-dealkylation sites (tertiary alicyclic amines) is 1. The van der Waals surface area contributed by atoms with E-state index in [4.69, 9.17) is 11.6 Å². The predicted octanol–water partition coefficient (Wildman–Crippen LogP) is 1.97. The Bertz CT molecular complexity index is 784. The van der Waals surface area contributed by atoms with E-state index >= 15 is 0 Å². The standard InChI is InChI=1S/C16H14ClFN4O2/c1-22-13(23)6-12(15(22)9-2-4-10(18)5-3-9)21-16(24)14-11(17)7-19-8-20-14/h2-5,7-8,12,15H,6H2,1H3,(H,21,24)/t12-,15+/m1/s1. The monoisotopic (exact) mass is 348 g/mol. The Kier molecular flexibility index (Phi) is 4.44. The predicted molar refractivity (Wildman–Crippen MR) is 84.8 cm³/mol. The van der Waals surface area contributed by atoms with Crippen LogP contribution in [0.1, 0.15) is 28.5 Å². The number of carbonyl (C=O) groups excluding carboxylic acids is 2. The van der Waals surface area contributed by atoms with Crippen LogP contribution < -0.4 is 5.32 Å². The van der Waals surface area contributed by atoms with E-state index in [1.165, 1.54) is 24.7 Å². The zero-order valence-corrected chi connectivity index (χ0v) is 13.5. The molecule has 2 heterocycles. The third-order valence-electron chi connectivity index (χ3n) is 4.00. The van der Waals surface area contributed by atoms with Crippen LogP contribution in [-0.2, 0) is 4.79 Å². The summed E-state index contributed by atoms with van der Waals surface area (Å²) in [5.41, 5.74) is 0.787. The van der Waals surface area contributed by atoms with Crippen molar-refractivity contribution in [1.82, 2.24) is 20.2 Å². The normalized spacial score (nSPS) is 20.3. The fourth-order valence-corrected chi connectivity index (χ4v) is 3.02. The lowest BCUT2D eigenvalue weighted by atomic mass is 10.00. The Morgan fingerprint density at radius 3 is 2.75 bits per heavy atom. The largest absolute Gasteiger partial charge is 0.345 e. The van der Waals surface area contributed by atoms with Crippen molar-refractivity contribution in [2.24, 2.45) is 0 Å². The summed E-state index contributed by atoms with van der Waals surface area (Å²) in [6, 6.07) is 5.00. The molecular weight excluding hydrogens is 335 g/mol. The van der Waals surface area contributed by atoms with Gasteiger partial charge in [-0.3, -0.25) is 9.59 Å². The molecule has 1 saturated heterocycles.